The van der Waals surface area contributed by atoms with Crippen LogP contribution in [-0.4, -0.2) is 55.7 Å². The number of furan rings is 1. The molecule has 12 heteroatoms. The van der Waals surface area contributed by atoms with Gasteiger partial charge in [0.25, 0.3) is 5.56 Å². The van der Waals surface area contributed by atoms with Gasteiger partial charge in [0.05, 0.1) is 24.8 Å². The van der Waals surface area contributed by atoms with Crippen molar-refractivity contribution < 1.29 is 26.8 Å². The van der Waals surface area contributed by atoms with E-state index in [2.05, 4.69) is 5.32 Å². The summed E-state index contributed by atoms with van der Waals surface area (Å²) in [7, 11) is -2.11. The topological polar surface area (TPSA) is 141 Å². The Labute approximate surface area is 241 Å². The Morgan fingerprint density at radius 3 is 2.60 bits per heavy atom. The molecule has 2 atom stereocenters. The van der Waals surface area contributed by atoms with Crippen LogP contribution in [0, 0.1) is 12.8 Å². The van der Waals surface area contributed by atoms with Crippen LogP contribution in [0.2, 0.25) is 0 Å². The van der Waals surface area contributed by atoms with Crippen molar-refractivity contribution >= 4 is 27.1 Å². The average Bonchev–Trinajstić information content (AvgIpc) is 3.31. The number of sulfonamides is 1. The van der Waals surface area contributed by atoms with Gasteiger partial charge in [0, 0.05) is 55.5 Å². The lowest BCUT2D eigenvalue weighted by atomic mass is 9.84. The molecule has 1 fully saturated rings. The van der Waals surface area contributed by atoms with Crippen molar-refractivity contribution in [1.29, 1.82) is 0 Å². The number of piperidine rings is 1. The number of amides is 1. The number of methoxy groups -OCH3 is 1. The summed E-state index contributed by atoms with van der Waals surface area (Å²) in [4.78, 5) is 38.0. The van der Waals surface area contributed by atoms with Crippen LogP contribution in [0.1, 0.15) is 29.4 Å². The third kappa shape index (κ3) is 5.27. The maximum atomic E-state index is 13.3. The first-order valence-corrected chi connectivity index (χ1v) is 15.4. The molecule has 1 amide bonds. The molecule has 2 unspecified atom stereocenters. The van der Waals surface area contributed by atoms with E-state index in [-0.39, 0.29) is 52.7 Å². The average molecular weight is 594 g/mol. The molecule has 2 aliphatic rings. The van der Waals surface area contributed by atoms with Crippen molar-refractivity contribution in [3.8, 4) is 17.1 Å². The van der Waals surface area contributed by atoms with E-state index < -0.39 is 15.9 Å². The van der Waals surface area contributed by atoms with Gasteiger partial charge in [0.2, 0.25) is 26.9 Å². The number of ether oxygens (including phenoxy) is 1. The van der Waals surface area contributed by atoms with Gasteiger partial charge in [-0.25, -0.2) is 12.7 Å². The maximum Gasteiger partial charge on any atom is 0.250 e. The Morgan fingerprint density at radius 1 is 1.05 bits per heavy atom. The number of rotatable bonds is 8. The van der Waals surface area contributed by atoms with E-state index in [1.54, 1.807) is 48.9 Å². The number of aryl methyl sites for hydroxylation is 1. The summed E-state index contributed by atoms with van der Waals surface area (Å²) in [5.74, 6) is 0.656. The molecule has 1 N–H and O–H groups in total. The van der Waals surface area contributed by atoms with Crippen LogP contribution in [0.3, 0.4) is 0 Å². The summed E-state index contributed by atoms with van der Waals surface area (Å²) < 4.78 is 46.7. The number of benzene rings is 1. The fourth-order valence-electron chi connectivity index (χ4n) is 6.05. The van der Waals surface area contributed by atoms with Gasteiger partial charge >= 0.3 is 0 Å². The molecule has 2 bridgehead atoms. The molecule has 5 heterocycles. The quantitative estimate of drug-likeness (QED) is 0.329. The fraction of sp³-hybridized carbons (Fsp3) is 0.367. The standard InChI is InChI=1S/C30H31N3O8S/c1-18-12-25(34)30-29(40-18)23(28(41-30)20-6-8-22(39-2)9-7-20)14-26(35)31-10-11-42(37,38)32-15-19-13-21(17-32)24-4-3-5-27(36)33(24)16-19/h3-9,12,19,21H,10-11,13-17H2,1-2H3,(H,31,35). The zero-order valence-electron chi connectivity index (χ0n) is 23.3. The fourth-order valence-corrected chi connectivity index (χ4v) is 7.51. The van der Waals surface area contributed by atoms with Gasteiger partial charge < -0.3 is 23.5 Å². The third-order valence-electron chi connectivity index (χ3n) is 7.99. The first kappa shape index (κ1) is 28.0. The van der Waals surface area contributed by atoms with E-state index in [0.29, 0.717) is 48.0 Å². The number of nitrogens with zero attached hydrogens (tertiary/aromatic N) is 2. The second kappa shape index (κ2) is 10.9. The van der Waals surface area contributed by atoms with E-state index in [1.165, 1.54) is 16.4 Å². The molecule has 3 aromatic heterocycles. The molecule has 11 nitrogen and oxygen atoms in total. The van der Waals surface area contributed by atoms with E-state index in [1.807, 2.05) is 6.07 Å². The Kier molecular flexibility index (Phi) is 7.27. The predicted molar refractivity (Wildman–Crippen MR) is 155 cm³/mol. The first-order chi connectivity index (χ1) is 20.1. The van der Waals surface area contributed by atoms with Gasteiger partial charge in [-0.1, -0.05) is 6.07 Å². The highest BCUT2D eigenvalue weighted by atomic mass is 32.2. The lowest BCUT2D eigenvalue weighted by molar-refractivity contribution is -0.120. The minimum Gasteiger partial charge on any atom is -0.497 e. The van der Waals surface area contributed by atoms with Gasteiger partial charge in [-0.3, -0.25) is 14.4 Å². The molecule has 4 aromatic rings. The Morgan fingerprint density at radius 2 is 1.83 bits per heavy atom. The monoisotopic (exact) mass is 593 g/mol. The number of nitrogens with one attached hydrogen (secondary N) is 1. The summed E-state index contributed by atoms with van der Waals surface area (Å²) in [6.07, 6.45) is 0.664. The Bertz CT molecular complexity index is 1890. The van der Waals surface area contributed by atoms with E-state index in [0.717, 1.165) is 12.1 Å². The second-order valence-corrected chi connectivity index (χ2v) is 13.0. The van der Waals surface area contributed by atoms with Crippen LogP contribution in [0.15, 0.2) is 67.0 Å². The largest absolute Gasteiger partial charge is 0.497 e. The second-order valence-electron chi connectivity index (χ2n) is 10.9. The highest BCUT2D eigenvalue weighted by Crippen LogP contribution is 2.36. The number of carbonyl (C=O) groups excluding carboxylic acids is 1. The molecule has 0 radical (unpaired) electrons. The molecule has 6 rings (SSSR count). The molecule has 220 valence electrons. The molecule has 2 aliphatic heterocycles. The molecule has 0 spiro atoms. The van der Waals surface area contributed by atoms with Crippen LogP contribution >= 0.6 is 0 Å². The Hall–Kier alpha value is -4.16. The van der Waals surface area contributed by atoms with Crippen LogP contribution in [0.4, 0.5) is 0 Å². The summed E-state index contributed by atoms with van der Waals surface area (Å²) >= 11 is 0. The smallest absolute Gasteiger partial charge is 0.250 e. The minimum atomic E-state index is -3.66. The van der Waals surface area contributed by atoms with Gasteiger partial charge in [0.1, 0.15) is 17.3 Å². The lowest BCUT2D eigenvalue weighted by Crippen LogP contribution is -2.50. The van der Waals surface area contributed by atoms with Crippen LogP contribution in [0.5, 0.6) is 5.75 Å². The maximum absolute atomic E-state index is 13.3. The number of fused-ring (bicyclic) bond motifs is 5. The molecule has 42 heavy (non-hydrogen) atoms. The summed E-state index contributed by atoms with van der Waals surface area (Å²) in [6, 6.07) is 13.4. The zero-order chi connectivity index (χ0) is 29.6. The van der Waals surface area contributed by atoms with Crippen LogP contribution in [-0.2, 0) is 27.8 Å². The number of hydrogen-bond donors (Lipinski definition) is 1. The number of carbonyl (C=O) groups is 1. The zero-order valence-corrected chi connectivity index (χ0v) is 24.1. The SMILES string of the molecule is COc1ccc(-c2oc3c(=O)cc(C)oc3c2CC(=O)NCCS(=O)(=O)N2CC3CC(C2)c2cccc(=O)n2C3)cc1. The van der Waals surface area contributed by atoms with E-state index >= 15 is 0 Å². The molecule has 0 aliphatic carbocycles. The molecular weight excluding hydrogens is 562 g/mol. The normalized spacial score (nSPS) is 18.5. The predicted octanol–water partition coefficient (Wildman–Crippen LogP) is 2.64. The number of hydrogen-bond acceptors (Lipinski definition) is 8. The van der Waals surface area contributed by atoms with Crippen molar-refractivity contribution in [1.82, 2.24) is 14.2 Å². The number of pyridine rings is 1. The Balaban J connectivity index is 1.16. The minimum absolute atomic E-state index is 0.0104. The van der Waals surface area contributed by atoms with Gasteiger partial charge in [-0.15, -0.1) is 0 Å². The molecule has 1 aromatic carbocycles. The van der Waals surface area contributed by atoms with Crippen molar-refractivity contribution in [2.24, 2.45) is 5.92 Å². The van der Waals surface area contributed by atoms with Gasteiger partial charge in [0.15, 0.2) is 5.58 Å². The van der Waals surface area contributed by atoms with Crippen LogP contribution in [0.25, 0.3) is 22.5 Å². The molecule has 0 saturated carbocycles. The van der Waals surface area contributed by atoms with Crippen LogP contribution < -0.4 is 21.0 Å². The summed E-state index contributed by atoms with van der Waals surface area (Å²) in [5.41, 5.74) is 1.67. The first-order valence-electron chi connectivity index (χ1n) is 13.8. The molecule has 1 saturated heterocycles. The van der Waals surface area contributed by atoms with E-state index in [9.17, 15) is 22.8 Å². The van der Waals surface area contributed by atoms with Gasteiger partial charge in [-0.05, 0) is 49.6 Å². The summed E-state index contributed by atoms with van der Waals surface area (Å²) in [5, 5.41) is 2.71. The highest BCUT2D eigenvalue weighted by molar-refractivity contribution is 7.89. The third-order valence-corrected chi connectivity index (χ3v) is 9.80. The molecular formula is C30H31N3O8S. The van der Waals surface area contributed by atoms with Crippen molar-refractivity contribution in [2.45, 2.75) is 32.2 Å². The summed E-state index contributed by atoms with van der Waals surface area (Å²) in [6.45, 7) is 2.71. The lowest BCUT2D eigenvalue weighted by Gasteiger charge is -2.42. The van der Waals surface area contributed by atoms with Crippen molar-refractivity contribution in [2.75, 3.05) is 32.5 Å². The van der Waals surface area contributed by atoms with Gasteiger partial charge in [-0.2, -0.15) is 0 Å². The van der Waals surface area contributed by atoms with Crippen molar-refractivity contribution in [3.63, 3.8) is 0 Å². The van der Waals surface area contributed by atoms with Crippen molar-refractivity contribution in [3.05, 3.63) is 86.1 Å². The van der Waals surface area contributed by atoms with E-state index in [4.69, 9.17) is 13.6 Å². The number of aromatic nitrogens is 1. The highest BCUT2D eigenvalue weighted by Gasteiger charge is 2.38.